The quantitative estimate of drug-likeness (QED) is 0.413. The maximum atomic E-state index is 15.4. The van der Waals surface area contributed by atoms with Gasteiger partial charge in [-0.2, -0.15) is 5.10 Å². The molecule has 0 N–H and O–H groups in total. The van der Waals surface area contributed by atoms with Gasteiger partial charge in [-0.3, -0.25) is 14.5 Å². The van der Waals surface area contributed by atoms with Crippen LogP contribution in [0.1, 0.15) is 28.0 Å². The van der Waals surface area contributed by atoms with Crippen LogP contribution in [0.2, 0.25) is 0 Å². The average Bonchev–Trinajstić information content (AvgIpc) is 3.56. The molecule has 1 fully saturated rings. The van der Waals surface area contributed by atoms with Crippen molar-refractivity contribution in [2.75, 3.05) is 13.2 Å². The van der Waals surface area contributed by atoms with Crippen molar-refractivity contribution in [1.29, 1.82) is 0 Å². The summed E-state index contributed by atoms with van der Waals surface area (Å²) in [6.45, 7) is 1.14. The van der Waals surface area contributed by atoms with Crippen LogP contribution < -0.4 is 4.74 Å². The first-order chi connectivity index (χ1) is 17.3. The summed E-state index contributed by atoms with van der Waals surface area (Å²) in [6.07, 6.45) is 4.23. The Bertz CT molecular complexity index is 1500. The standard InChI is InChI=1S/C26H21B2FN4O3/c1-32-13-20-18(6-7-22(23(20)31-32)36-17-8-10-35-14-17)15-4-5-16(21(29)11-15)12-33-25(34)19-3-2-9-30-24(19)26(33,27)28/h2-7,9,11,13,17H,8,10,12,14H2,1H3/t17-/m1/s1. The number of hydrogen-bond donors (Lipinski definition) is 0. The molecule has 2 aromatic carbocycles. The van der Waals surface area contributed by atoms with Crippen molar-refractivity contribution < 1.29 is 18.7 Å². The Labute approximate surface area is 210 Å². The summed E-state index contributed by atoms with van der Waals surface area (Å²) in [7, 11) is 14.3. The second-order valence-electron chi connectivity index (χ2n) is 9.20. The summed E-state index contributed by atoms with van der Waals surface area (Å²) in [6, 6.07) is 11.9. The van der Waals surface area contributed by atoms with E-state index in [0.717, 1.165) is 17.4 Å². The van der Waals surface area contributed by atoms with Crippen molar-refractivity contribution in [1.82, 2.24) is 19.7 Å². The fourth-order valence-electron chi connectivity index (χ4n) is 4.88. The fraction of sp³-hybridized carbons (Fsp3) is 0.269. The molecular formula is C26H21B2FN4O3. The van der Waals surface area contributed by atoms with E-state index < -0.39 is 11.2 Å². The fourth-order valence-corrected chi connectivity index (χ4v) is 4.88. The van der Waals surface area contributed by atoms with Gasteiger partial charge in [0, 0.05) is 48.7 Å². The summed E-state index contributed by atoms with van der Waals surface area (Å²) < 4.78 is 28.6. The largest absolute Gasteiger partial charge is 0.486 e. The molecule has 4 radical (unpaired) electrons. The lowest BCUT2D eigenvalue weighted by molar-refractivity contribution is 0.0729. The molecule has 0 saturated carbocycles. The summed E-state index contributed by atoms with van der Waals surface area (Å²) >= 11 is 0. The van der Waals surface area contributed by atoms with E-state index in [1.54, 1.807) is 22.9 Å². The Balaban J connectivity index is 1.31. The van der Waals surface area contributed by atoms with Gasteiger partial charge in [0.2, 0.25) is 0 Å². The molecule has 7 nitrogen and oxygen atoms in total. The van der Waals surface area contributed by atoms with E-state index in [4.69, 9.17) is 25.2 Å². The van der Waals surface area contributed by atoms with Crippen molar-refractivity contribution in [3.8, 4) is 16.9 Å². The number of aryl methyl sites for hydroxylation is 1. The van der Waals surface area contributed by atoms with E-state index in [0.29, 0.717) is 41.2 Å². The third-order valence-electron chi connectivity index (χ3n) is 6.74. The lowest BCUT2D eigenvalue weighted by Gasteiger charge is -2.33. The van der Waals surface area contributed by atoms with E-state index in [1.165, 1.54) is 17.2 Å². The predicted octanol–water partition coefficient (Wildman–Crippen LogP) is 3.05. The molecule has 1 atom stereocenters. The van der Waals surface area contributed by atoms with Crippen molar-refractivity contribution in [3.63, 3.8) is 0 Å². The zero-order chi connectivity index (χ0) is 25.0. The van der Waals surface area contributed by atoms with Crippen molar-refractivity contribution >= 4 is 32.5 Å². The van der Waals surface area contributed by atoms with Crippen LogP contribution in [0.25, 0.3) is 22.0 Å². The molecule has 0 aliphatic carbocycles. The summed E-state index contributed by atoms with van der Waals surface area (Å²) in [5.41, 5.74) is 3.09. The number of carbonyl (C=O) groups is 1. The van der Waals surface area contributed by atoms with E-state index in [2.05, 4.69) is 10.1 Å². The van der Waals surface area contributed by atoms with Gasteiger partial charge in [0.05, 0.1) is 40.2 Å². The molecule has 4 aromatic rings. The number of aromatic nitrogens is 3. The Morgan fingerprint density at radius 3 is 2.83 bits per heavy atom. The van der Waals surface area contributed by atoms with Crippen molar-refractivity contribution in [3.05, 3.63) is 77.5 Å². The van der Waals surface area contributed by atoms with Crippen LogP contribution in [0, 0.1) is 5.82 Å². The van der Waals surface area contributed by atoms with Gasteiger partial charge in [0.15, 0.2) is 0 Å². The van der Waals surface area contributed by atoms with Crippen LogP contribution >= 0.6 is 0 Å². The van der Waals surface area contributed by atoms with Crippen LogP contribution in [0.5, 0.6) is 5.75 Å². The zero-order valence-corrected chi connectivity index (χ0v) is 19.6. The first-order valence-electron chi connectivity index (χ1n) is 11.7. The molecule has 2 aromatic heterocycles. The van der Waals surface area contributed by atoms with Gasteiger partial charge in [-0.05, 0) is 41.5 Å². The molecule has 176 valence electrons. The maximum absolute atomic E-state index is 15.4. The Morgan fingerprint density at radius 1 is 1.22 bits per heavy atom. The minimum atomic E-state index is -1.62. The SMILES string of the molecule is [B]C1([B])c2ncccc2C(=O)N1Cc1ccc(-c2ccc(O[C@@H]3CCOC3)c3nn(C)cc23)cc1F. The number of amides is 1. The minimum Gasteiger partial charge on any atom is -0.486 e. The molecule has 36 heavy (non-hydrogen) atoms. The van der Waals surface area contributed by atoms with Crippen LogP contribution in [0.15, 0.2) is 54.9 Å². The molecule has 10 heteroatoms. The summed E-state index contributed by atoms with van der Waals surface area (Å²) in [5, 5.41) is 3.80. The highest BCUT2D eigenvalue weighted by atomic mass is 19.1. The molecule has 1 saturated heterocycles. The molecule has 2 aliphatic rings. The molecule has 0 bridgehead atoms. The van der Waals surface area contributed by atoms with E-state index in [-0.39, 0.29) is 24.2 Å². The summed E-state index contributed by atoms with van der Waals surface area (Å²) in [5.74, 6) is -0.183. The molecule has 0 unspecified atom stereocenters. The second-order valence-corrected chi connectivity index (χ2v) is 9.20. The zero-order valence-electron chi connectivity index (χ0n) is 19.6. The maximum Gasteiger partial charge on any atom is 0.255 e. The third kappa shape index (κ3) is 3.67. The average molecular weight is 478 g/mol. The van der Waals surface area contributed by atoms with E-state index >= 15 is 4.39 Å². The third-order valence-corrected chi connectivity index (χ3v) is 6.74. The van der Waals surface area contributed by atoms with Gasteiger partial charge in [0.1, 0.15) is 23.2 Å². The lowest BCUT2D eigenvalue weighted by Crippen LogP contribution is -2.44. The van der Waals surface area contributed by atoms with Crippen LogP contribution in [-0.4, -0.2) is 60.6 Å². The number of rotatable bonds is 5. The lowest BCUT2D eigenvalue weighted by atomic mass is 9.59. The molecule has 6 rings (SSSR count). The number of nitrogens with zero attached hydrogens (tertiary/aromatic N) is 4. The minimum absolute atomic E-state index is 0.00960. The Kier molecular flexibility index (Phi) is 5.37. The van der Waals surface area contributed by atoms with E-state index in [9.17, 15) is 4.79 Å². The first kappa shape index (κ1) is 22.8. The molecular weight excluding hydrogens is 457 g/mol. The smallest absolute Gasteiger partial charge is 0.255 e. The van der Waals surface area contributed by atoms with Crippen LogP contribution in [0.3, 0.4) is 0 Å². The van der Waals surface area contributed by atoms with E-state index in [1.807, 2.05) is 31.4 Å². The number of fused-ring (bicyclic) bond motifs is 2. The molecule has 2 aliphatic heterocycles. The number of ether oxygens (including phenoxy) is 2. The normalized spacial score (nSPS) is 18.7. The van der Waals surface area contributed by atoms with Gasteiger partial charge in [-0.25, -0.2) is 4.39 Å². The van der Waals surface area contributed by atoms with Gasteiger partial charge in [0.25, 0.3) is 5.91 Å². The predicted molar refractivity (Wildman–Crippen MR) is 133 cm³/mol. The van der Waals surface area contributed by atoms with Crippen LogP contribution in [0.4, 0.5) is 4.39 Å². The number of benzene rings is 2. The number of carbonyl (C=O) groups excluding carboxylic acids is 1. The van der Waals surface area contributed by atoms with Crippen molar-refractivity contribution in [2.24, 2.45) is 7.05 Å². The Morgan fingerprint density at radius 2 is 2.08 bits per heavy atom. The van der Waals surface area contributed by atoms with Crippen molar-refractivity contribution in [2.45, 2.75) is 24.4 Å². The number of hydrogen-bond acceptors (Lipinski definition) is 5. The molecule has 0 spiro atoms. The highest BCUT2D eigenvalue weighted by Gasteiger charge is 2.43. The van der Waals surface area contributed by atoms with Gasteiger partial charge >= 0.3 is 0 Å². The highest BCUT2D eigenvalue weighted by Crippen LogP contribution is 2.37. The van der Waals surface area contributed by atoms with Gasteiger partial charge in [-0.15, -0.1) is 0 Å². The second kappa shape index (κ2) is 8.48. The Hall–Kier alpha value is -3.65. The van der Waals surface area contributed by atoms with Crippen LogP contribution in [-0.2, 0) is 23.7 Å². The number of halogens is 1. The summed E-state index contributed by atoms with van der Waals surface area (Å²) in [4.78, 5) is 18.3. The monoisotopic (exact) mass is 478 g/mol. The molecule has 4 heterocycles. The molecule has 1 amide bonds. The highest BCUT2D eigenvalue weighted by molar-refractivity contribution is 6.42. The van der Waals surface area contributed by atoms with Gasteiger partial charge in [-0.1, -0.05) is 12.1 Å². The topological polar surface area (TPSA) is 69.5 Å². The first-order valence-corrected chi connectivity index (χ1v) is 11.7. The number of pyridine rings is 1. The van der Waals surface area contributed by atoms with Gasteiger partial charge < -0.3 is 14.4 Å².